The topological polar surface area (TPSA) is 47.6 Å². The fourth-order valence-electron chi connectivity index (χ4n) is 2.78. The molecule has 0 aliphatic heterocycles. The van der Waals surface area contributed by atoms with Gasteiger partial charge in [0.15, 0.2) is 0 Å². The molecule has 0 aliphatic carbocycles. The van der Waals surface area contributed by atoms with Gasteiger partial charge in [0.2, 0.25) is 0 Å². The zero-order valence-electron chi connectivity index (χ0n) is 17.1. The van der Waals surface area contributed by atoms with Crippen molar-refractivity contribution in [2.75, 3.05) is 25.6 Å². The molecule has 1 N–H and O–H groups in total. The van der Waals surface area contributed by atoms with E-state index in [1.54, 1.807) is 0 Å². The molecule has 27 heavy (non-hydrogen) atoms. The lowest BCUT2D eigenvalue weighted by Crippen LogP contribution is -2.11. The Morgan fingerprint density at radius 2 is 1.74 bits per heavy atom. The van der Waals surface area contributed by atoms with Crippen LogP contribution >= 0.6 is 0 Å². The molecule has 2 aromatic carbocycles. The summed E-state index contributed by atoms with van der Waals surface area (Å²) < 4.78 is 10.7. The van der Waals surface area contributed by atoms with Crippen molar-refractivity contribution in [2.45, 2.75) is 46.0 Å². The Balaban J connectivity index is 1.74. The highest BCUT2D eigenvalue weighted by Crippen LogP contribution is 2.24. The summed E-state index contributed by atoms with van der Waals surface area (Å²) in [5.74, 6) is 0.589. The largest absolute Gasteiger partial charge is 0.494 e. The SMILES string of the molecule is COC(=O)c1cc(C)ccc1NCCCCOc1ccc(C(C)(C)C)cc1. The highest BCUT2D eigenvalue weighted by molar-refractivity contribution is 5.95. The fraction of sp³-hybridized carbons (Fsp3) is 0.435. The Morgan fingerprint density at radius 3 is 2.37 bits per heavy atom. The van der Waals surface area contributed by atoms with Crippen LogP contribution in [0.25, 0.3) is 0 Å². The lowest BCUT2D eigenvalue weighted by Gasteiger charge is -2.19. The molecule has 0 atom stereocenters. The minimum atomic E-state index is -0.316. The maximum Gasteiger partial charge on any atom is 0.339 e. The summed E-state index contributed by atoms with van der Waals surface area (Å²) in [6.07, 6.45) is 1.89. The molecule has 2 rings (SSSR count). The van der Waals surface area contributed by atoms with Gasteiger partial charge in [-0.3, -0.25) is 0 Å². The number of hydrogen-bond acceptors (Lipinski definition) is 4. The van der Waals surface area contributed by atoms with E-state index in [9.17, 15) is 4.79 Å². The maximum atomic E-state index is 11.9. The Bertz CT molecular complexity index is 745. The van der Waals surface area contributed by atoms with Crippen LogP contribution in [-0.2, 0) is 10.2 Å². The molecule has 0 radical (unpaired) electrons. The van der Waals surface area contributed by atoms with Crippen LogP contribution < -0.4 is 10.1 Å². The van der Waals surface area contributed by atoms with E-state index in [2.05, 4.69) is 38.2 Å². The number of methoxy groups -OCH3 is 1. The number of nitrogens with one attached hydrogen (secondary N) is 1. The van der Waals surface area contributed by atoms with Gasteiger partial charge in [-0.05, 0) is 55.0 Å². The summed E-state index contributed by atoms with van der Waals surface area (Å²) in [5.41, 5.74) is 3.88. The summed E-state index contributed by atoms with van der Waals surface area (Å²) in [6.45, 7) is 10.0. The highest BCUT2D eigenvalue weighted by atomic mass is 16.5. The Morgan fingerprint density at radius 1 is 1.04 bits per heavy atom. The Kier molecular flexibility index (Phi) is 7.28. The molecule has 0 unspecified atom stereocenters. The molecular weight excluding hydrogens is 338 g/mol. The third kappa shape index (κ3) is 6.31. The van der Waals surface area contributed by atoms with Gasteiger partial charge in [0.1, 0.15) is 5.75 Å². The number of benzene rings is 2. The second kappa shape index (κ2) is 9.45. The lowest BCUT2D eigenvalue weighted by molar-refractivity contribution is 0.0601. The monoisotopic (exact) mass is 369 g/mol. The van der Waals surface area contributed by atoms with Crippen molar-refractivity contribution in [3.05, 3.63) is 59.2 Å². The molecule has 0 saturated carbocycles. The molecule has 4 nitrogen and oxygen atoms in total. The smallest absolute Gasteiger partial charge is 0.339 e. The third-order valence-corrected chi connectivity index (χ3v) is 4.46. The van der Waals surface area contributed by atoms with Gasteiger partial charge in [-0.2, -0.15) is 0 Å². The van der Waals surface area contributed by atoms with Crippen molar-refractivity contribution in [1.82, 2.24) is 0 Å². The first kappa shape index (κ1) is 20.8. The zero-order valence-corrected chi connectivity index (χ0v) is 17.1. The molecule has 4 heteroatoms. The predicted molar refractivity (Wildman–Crippen MR) is 111 cm³/mol. The Labute approximate surface area is 162 Å². The van der Waals surface area contributed by atoms with Gasteiger partial charge in [-0.1, -0.05) is 44.5 Å². The van der Waals surface area contributed by atoms with E-state index in [4.69, 9.17) is 9.47 Å². The van der Waals surface area contributed by atoms with Crippen LogP contribution in [0.1, 0.15) is 55.1 Å². The van der Waals surface area contributed by atoms with Crippen LogP contribution in [0.15, 0.2) is 42.5 Å². The van der Waals surface area contributed by atoms with Crippen LogP contribution in [0.3, 0.4) is 0 Å². The number of carbonyl (C=O) groups excluding carboxylic acids is 1. The van der Waals surface area contributed by atoms with Crippen LogP contribution in [0.4, 0.5) is 5.69 Å². The van der Waals surface area contributed by atoms with E-state index < -0.39 is 0 Å². The molecule has 0 spiro atoms. The van der Waals surface area contributed by atoms with Crippen molar-refractivity contribution in [3.8, 4) is 5.75 Å². The normalized spacial score (nSPS) is 11.1. The van der Waals surface area contributed by atoms with Gasteiger partial charge < -0.3 is 14.8 Å². The maximum absolute atomic E-state index is 11.9. The van der Waals surface area contributed by atoms with E-state index in [0.29, 0.717) is 12.2 Å². The number of hydrogen-bond donors (Lipinski definition) is 1. The molecule has 0 fully saturated rings. The van der Waals surface area contributed by atoms with Crippen LogP contribution in [0.5, 0.6) is 5.75 Å². The molecule has 0 bridgehead atoms. The van der Waals surface area contributed by atoms with Crippen molar-refractivity contribution < 1.29 is 14.3 Å². The number of anilines is 1. The fourth-order valence-corrected chi connectivity index (χ4v) is 2.78. The van der Waals surface area contributed by atoms with E-state index in [1.165, 1.54) is 12.7 Å². The number of aryl methyl sites for hydroxylation is 1. The van der Waals surface area contributed by atoms with Crippen molar-refractivity contribution >= 4 is 11.7 Å². The summed E-state index contributed by atoms with van der Waals surface area (Å²) in [4.78, 5) is 11.9. The highest BCUT2D eigenvalue weighted by Gasteiger charge is 2.13. The first-order chi connectivity index (χ1) is 12.8. The molecule has 0 saturated heterocycles. The number of unbranched alkanes of at least 4 members (excludes halogenated alkanes) is 1. The van der Waals surface area contributed by atoms with Crippen molar-refractivity contribution in [1.29, 1.82) is 0 Å². The molecule has 146 valence electrons. The van der Waals surface area contributed by atoms with Gasteiger partial charge in [0.05, 0.1) is 19.3 Å². The van der Waals surface area contributed by atoms with Gasteiger partial charge in [0.25, 0.3) is 0 Å². The second-order valence-corrected chi connectivity index (χ2v) is 7.80. The average Bonchev–Trinajstić information content (AvgIpc) is 2.64. The molecular formula is C23H31NO3. The summed E-state index contributed by atoms with van der Waals surface area (Å²) >= 11 is 0. The number of carbonyl (C=O) groups is 1. The van der Waals surface area contributed by atoms with Crippen molar-refractivity contribution in [2.24, 2.45) is 0 Å². The van der Waals surface area contributed by atoms with Crippen LogP contribution in [0.2, 0.25) is 0 Å². The summed E-state index contributed by atoms with van der Waals surface area (Å²) in [5, 5.41) is 3.32. The minimum Gasteiger partial charge on any atom is -0.494 e. The summed E-state index contributed by atoms with van der Waals surface area (Å²) in [7, 11) is 1.40. The van der Waals surface area contributed by atoms with Gasteiger partial charge >= 0.3 is 5.97 Å². The van der Waals surface area contributed by atoms with Gasteiger partial charge in [-0.25, -0.2) is 4.79 Å². The van der Waals surface area contributed by atoms with Gasteiger partial charge in [-0.15, -0.1) is 0 Å². The van der Waals surface area contributed by atoms with Crippen LogP contribution in [-0.4, -0.2) is 26.2 Å². The first-order valence-corrected chi connectivity index (χ1v) is 9.47. The molecule has 0 amide bonds. The number of ether oxygens (including phenoxy) is 2. The minimum absolute atomic E-state index is 0.156. The number of esters is 1. The van der Waals surface area contributed by atoms with E-state index in [-0.39, 0.29) is 11.4 Å². The summed E-state index contributed by atoms with van der Waals surface area (Å²) in [6, 6.07) is 14.1. The van der Waals surface area contributed by atoms with Crippen molar-refractivity contribution in [3.63, 3.8) is 0 Å². The van der Waals surface area contributed by atoms with Gasteiger partial charge in [0, 0.05) is 12.2 Å². The average molecular weight is 370 g/mol. The zero-order chi connectivity index (χ0) is 19.9. The van der Waals surface area contributed by atoms with E-state index in [0.717, 1.165) is 36.4 Å². The molecule has 0 aliphatic rings. The molecule has 2 aromatic rings. The number of rotatable bonds is 8. The Hall–Kier alpha value is -2.49. The van der Waals surface area contributed by atoms with E-state index >= 15 is 0 Å². The molecule has 0 heterocycles. The van der Waals surface area contributed by atoms with Crippen LogP contribution in [0, 0.1) is 6.92 Å². The first-order valence-electron chi connectivity index (χ1n) is 9.47. The third-order valence-electron chi connectivity index (χ3n) is 4.46. The second-order valence-electron chi connectivity index (χ2n) is 7.80. The molecule has 0 aromatic heterocycles. The predicted octanol–water partition coefficient (Wildman–Crippen LogP) is 5.35. The standard InChI is InChI=1S/C23H31NO3/c1-17-8-13-21(20(16-17)22(25)26-5)24-14-6-7-15-27-19-11-9-18(10-12-19)23(2,3)4/h8-13,16,24H,6-7,14-15H2,1-5H3. The van der Waals surface area contributed by atoms with E-state index in [1.807, 2.05) is 37.3 Å². The lowest BCUT2D eigenvalue weighted by atomic mass is 9.87. The quantitative estimate of drug-likeness (QED) is 0.503.